The molecule has 10 nitrogen and oxygen atoms in total. The lowest BCUT2D eigenvalue weighted by Crippen LogP contribution is -2.37. The van der Waals surface area contributed by atoms with E-state index >= 15 is 0 Å². The van der Waals surface area contributed by atoms with E-state index < -0.39 is 35.2 Å². The smallest absolute Gasteiger partial charge is 0.338 e. The van der Waals surface area contributed by atoms with Crippen LogP contribution < -0.4 is 5.32 Å². The molecule has 148 valence electrons. The zero-order valence-corrected chi connectivity index (χ0v) is 15.4. The van der Waals surface area contributed by atoms with Crippen molar-refractivity contribution in [2.24, 2.45) is 0 Å². The molecule has 1 aliphatic rings. The predicted molar refractivity (Wildman–Crippen MR) is 99.6 cm³/mol. The van der Waals surface area contributed by atoms with Crippen LogP contribution in [0.1, 0.15) is 36.6 Å². The van der Waals surface area contributed by atoms with Gasteiger partial charge in [-0.3, -0.25) is 29.4 Å². The maximum absolute atomic E-state index is 12.5. The Kier molecular flexibility index (Phi) is 5.09. The second-order valence-electron chi connectivity index (χ2n) is 6.20. The Morgan fingerprint density at radius 2 is 1.83 bits per heavy atom. The van der Waals surface area contributed by atoms with Gasteiger partial charge in [-0.05, 0) is 30.7 Å². The first-order chi connectivity index (χ1) is 13.7. The van der Waals surface area contributed by atoms with E-state index in [1.165, 1.54) is 19.2 Å². The maximum Gasteiger partial charge on any atom is 0.338 e. The van der Waals surface area contributed by atoms with Crippen LogP contribution in [0.5, 0.6) is 0 Å². The molecule has 0 aliphatic carbocycles. The number of amides is 3. The Balaban J connectivity index is 1.78. The maximum atomic E-state index is 12.5. The number of hydrogen-bond acceptors (Lipinski definition) is 7. The number of hydrogen-bond donors (Lipinski definition) is 1. The first-order valence-corrected chi connectivity index (χ1v) is 8.37. The number of fused-ring (bicyclic) bond motifs is 1. The highest BCUT2D eigenvalue weighted by atomic mass is 16.6. The summed E-state index contributed by atoms with van der Waals surface area (Å²) in [6, 6.07) is 7.97. The SMILES string of the molecule is COC(=O)c1cccc(NC(=O)CN2C(=O)c3ccc([N+](=O)[O-])cc3C2=O)c1C. The van der Waals surface area contributed by atoms with Gasteiger partial charge in [0.1, 0.15) is 6.54 Å². The van der Waals surface area contributed by atoms with Crippen LogP contribution in [0.2, 0.25) is 0 Å². The van der Waals surface area contributed by atoms with Crippen LogP contribution >= 0.6 is 0 Å². The van der Waals surface area contributed by atoms with Crippen LogP contribution in [0.15, 0.2) is 36.4 Å². The van der Waals surface area contributed by atoms with Gasteiger partial charge in [-0.2, -0.15) is 0 Å². The molecule has 0 radical (unpaired) electrons. The lowest BCUT2D eigenvalue weighted by atomic mass is 10.1. The fraction of sp³-hybridized carbons (Fsp3) is 0.158. The summed E-state index contributed by atoms with van der Waals surface area (Å²) in [6.45, 7) is 1.03. The van der Waals surface area contributed by atoms with Crippen molar-refractivity contribution >= 4 is 35.1 Å². The Hall–Kier alpha value is -4.08. The van der Waals surface area contributed by atoms with Gasteiger partial charge in [0.15, 0.2) is 0 Å². The molecule has 0 aromatic heterocycles. The average molecular weight is 397 g/mol. The molecule has 29 heavy (non-hydrogen) atoms. The number of nitro groups is 1. The fourth-order valence-corrected chi connectivity index (χ4v) is 2.97. The number of methoxy groups -OCH3 is 1. The van der Waals surface area contributed by atoms with E-state index in [-0.39, 0.29) is 22.4 Å². The first kappa shape index (κ1) is 19.7. The quantitative estimate of drug-likeness (QED) is 0.352. The van der Waals surface area contributed by atoms with Gasteiger partial charge in [0.05, 0.1) is 28.7 Å². The van der Waals surface area contributed by atoms with Crippen LogP contribution in [0.4, 0.5) is 11.4 Å². The van der Waals surface area contributed by atoms with E-state index in [0.717, 1.165) is 12.1 Å². The third-order valence-corrected chi connectivity index (χ3v) is 4.48. The van der Waals surface area contributed by atoms with Gasteiger partial charge < -0.3 is 10.1 Å². The van der Waals surface area contributed by atoms with Crippen molar-refractivity contribution in [2.45, 2.75) is 6.92 Å². The number of anilines is 1. The van der Waals surface area contributed by atoms with Gasteiger partial charge in [0, 0.05) is 17.8 Å². The van der Waals surface area contributed by atoms with Gasteiger partial charge >= 0.3 is 5.97 Å². The summed E-state index contributed by atoms with van der Waals surface area (Å²) in [4.78, 5) is 60.0. The summed E-state index contributed by atoms with van der Waals surface area (Å²) >= 11 is 0. The molecule has 0 bridgehead atoms. The molecule has 0 fully saturated rings. The van der Waals surface area contributed by atoms with Gasteiger partial charge in [0.2, 0.25) is 5.91 Å². The minimum absolute atomic E-state index is 0.00253. The Morgan fingerprint density at radius 3 is 2.48 bits per heavy atom. The van der Waals surface area contributed by atoms with Crippen molar-refractivity contribution in [1.82, 2.24) is 4.90 Å². The van der Waals surface area contributed by atoms with E-state index in [1.807, 2.05) is 0 Å². The van der Waals surface area contributed by atoms with Crippen LogP contribution in [-0.2, 0) is 9.53 Å². The molecule has 0 unspecified atom stereocenters. The zero-order valence-electron chi connectivity index (χ0n) is 15.4. The van der Waals surface area contributed by atoms with E-state index in [2.05, 4.69) is 10.1 Å². The minimum atomic E-state index is -0.788. The molecule has 1 N–H and O–H groups in total. The molecule has 3 rings (SSSR count). The predicted octanol–water partition coefficient (Wildman–Crippen LogP) is 1.92. The zero-order chi connectivity index (χ0) is 21.3. The van der Waals surface area contributed by atoms with Gasteiger partial charge in [-0.15, -0.1) is 0 Å². The number of carbonyl (C=O) groups is 4. The second kappa shape index (κ2) is 7.50. The van der Waals surface area contributed by atoms with E-state index in [9.17, 15) is 29.3 Å². The standard InChI is InChI=1S/C19H15N3O7/c1-10-12(19(26)29-2)4-3-5-15(10)20-16(23)9-21-17(24)13-7-6-11(22(27)28)8-14(13)18(21)25/h3-8H,9H2,1-2H3,(H,20,23). The van der Waals surface area contributed by atoms with Crippen molar-refractivity contribution < 1.29 is 28.8 Å². The number of benzene rings is 2. The molecule has 0 saturated heterocycles. The molecule has 1 heterocycles. The van der Waals surface area contributed by atoms with Gasteiger partial charge in [-0.25, -0.2) is 4.79 Å². The van der Waals surface area contributed by atoms with E-state index in [4.69, 9.17) is 0 Å². The average Bonchev–Trinajstić information content (AvgIpc) is 2.93. The molecule has 10 heteroatoms. The van der Waals surface area contributed by atoms with Gasteiger partial charge in [-0.1, -0.05) is 6.07 Å². The monoisotopic (exact) mass is 397 g/mol. The molecule has 0 spiro atoms. The largest absolute Gasteiger partial charge is 0.465 e. The molecule has 1 aliphatic heterocycles. The topological polar surface area (TPSA) is 136 Å². The van der Waals surface area contributed by atoms with Crippen molar-refractivity contribution in [3.8, 4) is 0 Å². The fourth-order valence-electron chi connectivity index (χ4n) is 2.97. The molecule has 2 aromatic carbocycles. The molecule has 0 saturated carbocycles. The number of imide groups is 1. The van der Waals surface area contributed by atoms with Crippen molar-refractivity contribution in [3.05, 3.63) is 68.8 Å². The van der Waals surface area contributed by atoms with Crippen LogP contribution in [0, 0.1) is 17.0 Å². The normalized spacial score (nSPS) is 12.6. The van der Waals surface area contributed by atoms with Crippen LogP contribution in [-0.4, -0.2) is 47.2 Å². The van der Waals surface area contributed by atoms with Crippen LogP contribution in [0.3, 0.4) is 0 Å². The summed E-state index contributed by atoms with van der Waals surface area (Å²) < 4.78 is 4.68. The summed E-state index contributed by atoms with van der Waals surface area (Å²) in [5.41, 5.74) is 0.596. The van der Waals surface area contributed by atoms with Gasteiger partial charge in [0.25, 0.3) is 17.5 Å². The van der Waals surface area contributed by atoms with Crippen LogP contribution in [0.25, 0.3) is 0 Å². The number of ether oxygens (including phenoxy) is 1. The Bertz CT molecular complexity index is 1080. The first-order valence-electron chi connectivity index (χ1n) is 8.37. The van der Waals surface area contributed by atoms with Crippen molar-refractivity contribution in [3.63, 3.8) is 0 Å². The number of carbonyl (C=O) groups excluding carboxylic acids is 4. The molecule has 2 aromatic rings. The molecule has 0 atom stereocenters. The lowest BCUT2D eigenvalue weighted by Gasteiger charge is -2.15. The Labute approximate surface area is 164 Å². The number of nitrogens with one attached hydrogen (secondary N) is 1. The summed E-state index contributed by atoms with van der Waals surface area (Å²) in [6.07, 6.45) is 0. The molecule has 3 amide bonds. The summed E-state index contributed by atoms with van der Waals surface area (Å²) in [5, 5.41) is 13.4. The number of rotatable bonds is 5. The summed E-state index contributed by atoms with van der Waals surface area (Å²) in [7, 11) is 1.24. The van der Waals surface area contributed by atoms with E-state index in [1.54, 1.807) is 19.1 Å². The highest BCUT2D eigenvalue weighted by molar-refractivity contribution is 6.23. The summed E-state index contributed by atoms with van der Waals surface area (Å²) in [5.74, 6) is -2.74. The van der Waals surface area contributed by atoms with Crippen molar-refractivity contribution in [1.29, 1.82) is 0 Å². The second-order valence-corrected chi connectivity index (χ2v) is 6.20. The van der Waals surface area contributed by atoms with Crippen molar-refractivity contribution in [2.75, 3.05) is 19.0 Å². The number of non-ortho nitro benzene ring substituents is 1. The minimum Gasteiger partial charge on any atom is -0.465 e. The molecular weight excluding hydrogens is 382 g/mol. The molecular formula is C19H15N3O7. The number of nitrogens with zero attached hydrogens (tertiary/aromatic N) is 2. The van der Waals surface area contributed by atoms with E-state index in [0.29, 0.717) is 16.2 Å². The highest BCUT2D eigenvalue weighted by Crippen LogP contribution is 2.27. The highest BCUT2D eigenvalue weighted by Gasteiger charge is 2.37. The lowest BCUT2D eigenvalue weighted by molar-refractivity contribution is -0.384. The Morgan fingerprint density at radius 1 is 1.14 bits per heavy atom. The third kappa shape index (κ3) is 3.55. The number of esters is 1. The third-order valence-electron chi connectivity index (χ3n) is 4.48. The number of nitro benzene ring substituents is 1.